The zero-order valence-electron chi connectivity index (χ0n) is 17.0. The van der Waals surface area contributed by atoms with E-state index in [0.717, 1.165) is 62.3 Å². The zero-order chi connectivity index (χ0) is 20.4. The minimum atomic E-state index is -1.50. The van der Waals surface area contributed by atoms with Crippen molar-refractivity contribution < 1.29 is 24.2 Å². The van der Waals surface area contributed by atoms with E-state index in [1.807, 2.05) is 0 Å². The van der Waals surface area contributed by atoms with Crippen molar-refractivity contribution in [3.05, 3.63) is 23.3 Å². The zero-order valence-corrected chi connectivity index (χ0v) is 17.8. The van der Waals surface area contributed by atoms with Crippen LogP contribution < -0.4 is 5.32 Å². The third-order valence-corrected chi connectivity index (χ3v) is 7.39. The number of hydrogen-bond donors (Lipinski definition) is 2. The highest BCUT2D eigenvalue weighted by molar-refractivity contribution is 8.14. The van der Waals surface area contributed by atoms with Crippen molar-refractivity contribution in [2.75, 3.05) is 5.75 Å². The Morgan fingerprint density at radius 1 is 1.21 bits per heavy atom. The van der Waals surface area contributed by atoms with E-state index in [1.165, 1.54) is 5.57 Å². The van der Waals surface area contributed by atoms with E-state index in [1.54, 1.807) is 0 Å². The molecule has 0 aromatic heterocycles. The molecule has 5 atom stereocenters. The van der Waals surface area contributed by atoms with E-state index < -0.39 is 17.9 Å². The van der Waals surface area contributed by atoms with Crippen molar-refractivity contribution >= 4 is 23.0 Å². The normalized spacial score (nSPS) is 40.1. The average molecular weight is 422 g/mol. The summed E-state index contributed by atoms with van der Waals surface area (Å²) in [6.45, 7) is 2.20. The predicted octanol–water partition coefficient (Wildman–Crippen LogP) is 3.84. The lowest BCUT2D eigenvalue weighted by atomic mass is 9.90. The van der Waals surface area contributed by atoms with Gasteiger partial charge in [-0.05, 0) is 50.9 Å². The fraction of sp³-hybridized carbons (Fsp3) is 0.727. The van der Waals surface area contributed by atoms with Gasteiger partial charge < -0.3 is 19.9 Å². The number of amides is 1. The lowest BCUT2D eigenvalue weighted by molar-refractivity contribution is -0.283. The summed E-state index contributed by atoms with van der Waals surface area (Å²) in [5, 5.41) is 13.9. The summed E-state index contributed by atoms with van der Waals surface area (Å²) >= 11 is 1.15. The summed E-state index contributed by atoms with van der Waals surface area (Å²) < 4.78 is 12.0. The number of hydrogen-bond acceptors (Lipinski definition) is 6. The monoisotopic (exact) mass is 421 g/mol. The number of aliphatic hydroxyl groups is 1. The number of carbonyl (C=O) groups excluding carboxylic acids is 2. The fourth-order valence-corrected chi connectivity index (χ4v) is 5.78. The van der Waals surface area contributed by atoms with Gasteiger partial charge in [-0.3, -0.25) is 4.79 Å². The van der Waals surface area contributed by atoms with Crippen molar-refractivity contribution in [1.29, 1.82) is 0 Å². The van der Waals surface area contributed by atoms with Crippen LogP contribution in [0.5, 0.6) is 0 Å². The number of allylic oxidation sites excluding steroid dienone is 3. The van der Waals surface area contributed by atoms with Crippen LogP contribution in [-0.2, 0) is 14.3 Å². The van der Waals surface area contributed by atoms with Gasteiger partial charge >= 0.3 is 5.97 Å². The maximum absolute atomic E-state index is 12.9. The number of thioether (sulfide) groups is 1. The Labute approximate surface area is 176 Å². The SMILES string of the molecule is C[C@@H]1/C=C\CCC2=C(CCC2)C(=O)O[C@@H]2CC(CC1)O[C@@](O)([C@@H]1CSC(=O)N1)C2. The molecule has 0 aromatic rings. The molecule has 1 amide bonds. The summed E-state index contributed by atoms with van der Waals surface area (Å²) in [5.41, 5.74) is 2.06. The van der Waals surface area contributed by atoms with Crippen LogP contribution in [0.3, 0.4) is 0 Å². The van der Waals surface area contributed by atoms with Crippen molar-refractivity contribution in [3.8, 4) is 0 Å². The smallest absolute Gasteiger partial charge is 0.334 e. The molecule has 2 fully saturated rings. The fourth-order valence-electron chi connectivity index (χ4n) is 4.89. The molecule has 2 bridgehead atoms. The van der Waals surface area contributed by atoms with Gasteiger partial charge in [-0.1, -0.05) is 36.4 Å². The van der Waals surface area contributed by atoms with E-state index in [-0.39, 0.29) is 23.7 Å². The molecule has 7 heteroatoms. The van der Waals surface area contributed by atoms with Gasteiger partial charge in [-0.15, -0.1) is 0 Å². The molecule has 1 unspecified atom stereocenters. The van der Waals surface area contributed by atoms with Crippen molar-refractivity contribution in [2.24, 2.45) is 5.92 Å². The van der Waals surface area contributed by atoms with E-state index >= 15 is 0 Å². The van der Waals surface area contributed by atoms with Crippen LogP contribution in [0.2, 0.25) is 0 Å². The Morgan fingerprint density at radius 3 is 2.86 bits per heavy atom. The number of ether oxygens (including phenoxy) is 2. The molecule has 0 spiro atoms. The lowest BCUT2D eigenvalue weighted by Crippen LogP contribution is -2.58. The van der Waals surface area contributed by atoms with Gasteiger partial charge in [0, 0.05) is 24.2 Å². The Balaban J connectivity index is 1.57. The van der Waals surface area contributed by atoms with Crippen molar-refractivity contribution in [3.63, 3.8) is 0 Å². The summed E-state index contributed by atoms with van der Waals surface area (Å²) in [5.74, 6) is -0.853. The van der Waals surface area contributed by atoms with E-state index in [2.05, 4.69) is 24.4 Å². The van der Waals surface area contributed by atoms with Crippen LogP contribution in [0.4, 0.5) is 4.79 Å². The van der Waals surface area contributed by atoms with E-state index in [0.29, 0.717) is 18.1 Å². The second-order valence-electron chi connectivity index (χ2n) is 8.80. The van der Waals surface area contributed by atoms with Crippen molar-refractivity contribution in [1.82, 2.24) is 5.32 Å². The first-order valence-electron chi connectivity index (χ1n) is 10.8. The molecule has 3 heterocycles. The maximum Gasteiger partial charge on any atom is 0.334 e. The number of esters is 1. The van der Waals surface area contributed by atoms with Crippen molar-refractivity contribution in [2.45, 2.75) is 88.7 Å². The average Bonchev–Trinajstić information content (AvgIpc) is 3.32. The topological polar surface area (TPSA) is 84.9 Å². The summed E-state index contributed by atoms with van der Waals surface area (Å²) in [6.07, 6.45) is 11.0. The second kappa shape index (κ2) is 8.82. The summed E-state index contributed by atoms with van der Waals surface area (Å²) in [6, 6.07) is -0.485. The third kappa shape index (κ3) is 4.89. The highest BCUT2D eigenvalue weighted by Crippen LogP contribution is 2.38. The molecule has 160 valence electrons. The molecule has 3 aliphatic heterocycles. The first kappa shape index (κ1) is 20.9. The molecule has 4 aliphatic rings. The van der Waals surface area contributed by atoms with Gasteiger partial charge in [0.25, 0.3) is 5.24 Å². The number of rotatable bonds is 1. The molecule has 0 saturated carbocycles. The van der Waals surface area contributed by atoms with Crippen LogP contribution in [0, 0.1) is 5.92 Å². The van der Waals surface area contributed by atoms with Crippen LogP contribution in [0.25, 0.3) is 0 Å². The number of nitrogens with one attached hydrogen (secondary N) is 1. The first-order chi connectivity index (χ1) is 13.9. The molecule has 0 radical (unpaired) electrons. The van der Waals surface area contributed by atoms with Gasteiger partial charge in [-0.25, -0.2) is 4.79 Å². The molecule has 1 aliphatic carbocycles. The first-order valence-corrected chi connectivity index (χ1v) is 11.8. The lowest BCUT2D eigenvalue weighted by Gasteiger charge is -2.43. The summed E-state index contributed by atoms with van der Waals surface area (Å²) in [7, 11) is 0. The largest absolute Gasteiger partial charge is 0.459 e. The maximum atomic E-state index is 12.9. The van der Waals surface area contributed by atoms with E-state index in [9.17, 15) is 14.7 Å². The third-order valence-electron chi connectivity index (χ3n) is 6.51. The summed E-state index contributed by atoms with van der Waals surface area (Å²) in [4.78, 5) is 24.6. The molecular weight excluding hydrogens is 390 g/mol. The quantitative estimate of drug-likeness (QED) is 0.494. The molecule has 2 N–H and O–H groups in total. The van der Waals surface area contributed by atoms with Crippen LogP contribution in [-0.4, -0.2) is 46.1 Å². The van der Waals surface area contributed by atoms with Gasteiger partial charge in [0.15, 0.2) is 5.79 Å². The standard InChI is InChI=1S/C22H31NO5S/c1-14-5-2-3-6-15-7-4-8-18(15)20(24)27-17-11-16(10-9-14)28-22(26,12-17)19-13-29-21(25)23-19/h2,5,14,16-17,19,26H,3-4,6-13H2,1H3,(H,23,25)/b5-2-/t14-,16?,17-,19+,22-/m1/s1. The van der Waals surface area contributed by atoms with Crippen LogP contribution in [0.15, 0.2) is 23.3 Å². The molecule has 2 saturated heterocycles. The highest BCUT2D eigenvalue weighted by Gasteiger charge is 2.49. The minimum absolute atomic E-state index is 0.149. The van der Waals surface area contributed by atoms with Crippen LogP contribution in [0.1, 0.15) is 64.7 Å². The van der Waals surface area contributed by atoms with Crippen LogP contribution >= 0.6 is 11.8 Å². The molecule has 0 aromatic carbocycles. The molecular formula is C22H31NO5S. The van der Waals surface area contributed by atoms with E-state index in [4.69, 9.17) is 9.47 Å². The molecule has 4 rings (SSSR count). The number of carbonyl (C=O) groups is 2. The van der Waals surface area contributed by atoms with Gasteiger partial charge in [0.05, 0.1) is 12.1 Å². The minimum Gasteiger partial charge on any atom is -0.459 e. The van der Waals surface area contributed by atoms with Gasteiger partial charge in [0.1, 0.15) is 6.10 Å². The van der Waals surface area contributed by atoms with Gasteiger partial charge in [0.2, 0.25) is 0 Å². The van der Waals surface area contributed by atoms with Gasteiger partial charge in [-0.2, -0.15) is 0 Å². The Morgan fingerprint density at radius 2 is 2.07 bits per heavy atom. The second-order valence-corrected chi connectivity index (χ2v) is 9.80. The predicted molar refractivity (Wildman–Crippen MR) is 111 cm³/mol. The highest BCUT2D eigenvalue weighted by atomic mass is 32.2. The Bertz CT molecular complexity index is 720. The molecule has 6 nitrogen and oxygen atoms in total. The number of fused-ring (bicyclic) bond motifs is 2. The Kier molecular flexibility index (Phi) is 6.37. The molecule has 29 heavy (non-hydrogen) atoms. The Hall–Kier alpha value is -1.31.